The van der Waals surface area contributed by atoms with E-state index in [4.69, 9.17) is 5.73 Å². The number of aromatic hydroxyl groups is 1. The lowest BCUT2D eigenvalue weighted by Crippen LogP contribution is -2.06. The van der Waals surface area contributed by atoms with Gasteiger partial charge in [0, 0.05) is 0 Å². The van der Waals surface area contributed by atoms with Crippen LogP contribution in [0, 0.1) is 0 Å². The third-order valence-corrected chi connectivity index (χ3v) is 3.93. The van der Waals surface area contributed by atoms with Crippen molar-refractivity contribution in [1.29, 1.82) is 0 Å². The van der Waals surface area contributed by atoms with E-state index in [2.05, 4.69) is 28.0 Å². The zero-order valence-corrected chi connectivity index (χ0v) is 11.7. The summed E-state index contributed by atoms with van der Waals surface area (Å²) in [7, 11) is 0. The van der Waals surface area contributed by atoms with Crippen molar-refractivity contribution in [3.63, 3.8) is 0 Å². The molecule has 1 aromatic heterocycles. The molecule has 18 heavy (non-hydrogen) atoms. The van der Waals surface area contributed by atoms with Gasteiger partial charge in [-0.15, -0.1) is 0 Å². The minimum Gasteiger partial charge on any atom is -0.503 e. The Hall–Kier alpha value is -1.17. The Morgan fingerprint density at radius 3 is 2.83 bits per heavy atom. The van der Waals surface area contributed by atoms with E-state index in [1.807, 2.05) is 11.8 Å². The van der Waals surface area contributed by atoms with Crippen LogP contribution in [0.1, 0.15) is 26.2 Å². The molecular weight excluding hydrogens is 248 g/mol. The molecule has 1 unspecified atom stereocenters. The van der Waals surface area contributed by atoms with Crippen LogP contribution < -0.4 is 10.6 Å². The van der Waals surface area contributed by atoms with Crippen molar-refractivity contribution in [3.05, 3.63) is 6.20 Å². The fourth-order valence-corrected chi connectivity index (χ4v) is 2.89. The van der Waals surface area contributed by atoms with Crippen LogP contribution in [0.3, 0.4) is 0 Å². The Morgan fingerprint density at radius 1 is 1.44 bits per heavy atom. The summed E-state index contributed by atoms with van der Waals surface area (Å²) in [6.45, 7) is 2.18. The van der Waals surface area contributed by atoms with Crippen LogP contribution in [0.5, 0.6) is 5.75 Å². The smallest absolute Gasteiger partial charge is 0.222 e. The molecule has 0 amide bonds. The highest BCUT2D eigenvalue weighted by atomic mass is 32.2. The summed E-state index contributed by atoms with van der Waals surface area (Å²) < 4.78 is 0. The van der Waals surface area contributed by atoms with Gasteiger partial charge in [0.2, 0.25) is 5.95 Å². The average molecular weight is 268 g/mol. The second kappa shape index (κ2) is 5.65. The number of thioether (sulfide) groups is 1. The number of hydrogen-bond donors (Lipinski definition) is 2. The molecule has 0 bridgehead atoms. The predicted molar refractivity (Wildman–Crippen MR) is 76.1 cm³/mol. The number of aromatic nitrogens is 2. The molecule has 0 spiro atoms. The van der Waals surface area contributed by atoms with Crippen LogP contribution in [-0.2, 0) is 0 Å². The molecule has 1 aliphatic heterocycles. The first-order valence-electron chi connectivity index (χ1n) is 6.27. The summed E-state index contributed by atoms with van der Waals surface area (Å²) in [5.41, 5.74) is 5.59. The van der Waals surface area contributed by atoms with Crippen molar-refractivity contribution in [1.82, 2.24) is 9.97 Å². The lowest BCUT2D eigenvalue weighted by Gasteiger charge is -2.07. The van der Waals surface area contributed by atoms with Gasteiger partial charge in [0.25, 0.3) is 0 Å². The number of hydrogen-bond acceptors (Lipinski definition) is 6. The maximum Gasteiger partial charge on any atom is 0.222 e. The van der Waals surface area contributed by atoms with Crippen LogP contribution in [0.4, 0.5) is 11.8 Å². The lowest BCUT2D eigenvalue weighted by molar-refractivity contribution is 0.471. The summed E-state index contributed by atoms with van der Waals surface area (Å²) in [6.07, 6.45) is 6.88. The summed E-state index contributed by atoms with van der Waals surface area (Å²) in [4.78, 5) is 10.1. The van der Waals surface area contributed by atoms with E-state index in [1.165, 1.54) is 6.20 Å². The predicted octanol–water partition coefficient (Wildman–Crippen LogP) is 1.87. The van der Waals surface area contributed by atoms with E-state index >= 15 is 0 Å². The van der Waals surface area contributed by atoms with Crippen molar-refractivity contribution in [2.75, 3.05) is 22.6 Å². The first kappa shape index (κ1) is 13.3. The standard InChI is InChI=1S/C12H20N4OS/c1-3-4-8-9(5-6-18-2)16(8)11-10(17)7-14-12(13)15-11/h7-9,17H,3-6H2,1-2H3,(H2,13,14,15)/t8?,9-,16?/m1/s1. The molecule has 2 heterocycles. The minimum atomic E-state index is 0.122. The number of nitrogens with zero attached hydrogens (tertiary/aromatic N) is 3. The largest absolute Gasteiger partial charge is 0.503 e. The summed E-state index contributed by atoms with van der Waals surface area (Å²) in [5.74, 6) is 2.06. The number of nitrogen functional groups attached to an aromatic ring is 1. The van der Waals surface area contributed by atoms with Crippen LogP contribution in [0.15, 0.2) is 6.20 Å². The molecule has 1 saturated heterocycles. The first-order valence-corrected chi connectivity index (χ1v) is 7.67. The zero-order chi connectivity index (χ0) is 13.1. The number of rotatable bonds is 6. The Labute approximate surface area is 112 Å². The Bertz CT molecular complexity index is 415. The van der Waals surface area contributed by atoms with E-state index < -0.39 is 0 Å². The molecule has 1 aliphatic rings. The van der Waals surface area contributed by atoms with Gasteiger partial charge in [0.1, 0.15) is 0 Å². The summed E-state index contributed by atoms with van der Waals surface area (Å²) in [5, 5.41) is 9.85. The van der Waals surface area contributed by atoms with Gasteiger partial charge in [-0.2, -0.15) is 16.7 Å². The molecule has 0 aromatic carbocycles. The zero-order valence-electron chi connectivity index (χ0n) is 10.8. The van der Waals surface area contributed by atoms with Gasteiger partial charge in [0.05, 0.1) is 18.3 Å². The molecular formula is C12H20N4OS. The monoisotopic (exact) mass is 268 g/mol. The van der Waals surface area contributed by atoms with Crippen molar-refractivity contribution >= 4 is 23.5 Å². The molecule has 5 nitrogen and oxygen atoms in total. The molecule has 3 N–H and O–H groups in total. The summed E-state index contributed by atoms with van der Waals surface area (Å²) >= 11 is 1.85. The van der Waals surface area contributed by atoms with E-state index in [9.17, 15) is 5.11 Å². The Morgan fingerprint density at radius 2 is 2.17 bits per heavy atom. The fraction of sp³-hybridized carbons (Fsp3) is 0.667. The number of anilines is 2. The van der Waals surface area contributed by atoms with Crippen LogP contribution in [-0.4, -0.2) is 39.2 Å². The SMILES string of the molecule is CCCC1[C@@H](CCSC)N1c1nc(N)ncc1O. The van der Waals surface area contributed by atoms with Gasteiger partial charge in [-0.25, -0.2) is 4.98 Å². The van der Waals surface area contributed by atoms with Gasteiger partial charge in [-0.05, 0) is 24.9 Å². The topological polar surface area (TPSA) is 75.0 Å². The molecule has 100 valence electrons. The van der Waals surface area contributed by atoms with Gasteiger partial charge in [0.15, 0.2) is 11.6 Å². The van der Waals surface area contributed by atoms with Gasteiger partial charge in [-0.3, -0.25) is 0 Å². The van der Waals surface area contributed by atoms with E-state index in [0.717, 1.165) is 25.0 Å². The van der Waals surface area contributed by atoms with Crippen LogP contribution in [0.25, 0.3) is 0 Å². The molecule has 0 radical (unpaired) electrons. The number of nitrogens with two attached hydrogens (primary N) is 1. The van der Waals surface area contributed by atoms with Crippen LogP contribution in [0.2, 0.25) is 0 Å². The average Bonchev–Trinajstić information content (AvgIpc) is 3.03. The van der Waals surface area contributed by atoms with E-state index in [0.29, 0.717) is 17.9 Å². The van der Waals surface area contributed by atoms with Crippen molar-refractivity contribution in [2.45, 2.75) is 38.3 Å². The van der Waals surface area contributed by atoms with E-state index in [-0.39, 0.29) is 11.7 Å². The molecule has 2 rings (SSSR count). The maximum atomic E-state index is 9.85. The molecule has 2 atom stereocenters. The Kier molecular flexibility index (Phi) is 4.16. The van der Waals surface area contributed by atoms with E-state index in [1.54, 1.807) is 0 Å². The van der Waals surface area contributed by atoms with Crippen LogP contribution >= 0.6 is 11.8 Å². The van der Waals surface area contributed by atoms with Gasteiger partial charge >= 0.3 is 0 Å². The van der Waals surface area contributed by atoms with Crippen molar-refractivity contribution in [3.8, 4) is 5.75 Å². The molecule has 6 heteroatoms. The molecule has 1 fully saturated rings. The second-order valence-corrected chi connectivity index (χ2v) is 5.53. The molecule has 0 aliphatic carbocycles. The third kappa shape index (κ3) is 2.63. The fourth-order valence-electron chi connectivity index (χ4n) is 2.42. The van der Waals surface area contributed by atoms with Gasteiger partial charge < -0.3 is 15.7 Å². The lowest BCUT2D eigenvalue weighted by atomic mass is 10.2. The normalized spacial score (nSPS) is 22.2. The highest BCUT2D eigenvalue weighted by molar-refractivity contribution is 7.98. The Balaban J connectivity index is 2.13. The van der Waals surface area contributed by atoms with Gasteiger partial charge in [-0.1, -0.05) is 13.3 Å². The minimum absolute atomic E-state index is 0.122. The highest BCUT2D eigenvalue weighted by Gasteiger charge is 2.47. The molecule has 1 aromatic rings. The maximum absolute atomic E-state index is 9.85. The van der Waals surface area contributed by atoms with Crippen molar-refractivity contribution in [2.24, 2.45) is 0 Å². The first-order chi connectivity index (χ1) is 8.69. The quantitative estimate of drug-likeness (QED) is 0.767. The highest BCUT2D eigenvalue weighted by Crippen LogP contribution is 2.42. The summed E-state index contributed by atoms with van der Waals surface area (Å²) in [6, 6.07) is 0.972. The third-order valence-electron chi connectivity index (χ3n) is 3.28. The second-order valence-electron chi connectivity index (χ2n) is 4.55. The molecule has 0 saturated carbocycles. The van der Waals surface area contributed by atoms with Crippen molar-refractivity contribution < 1.29 is 5.11 Å².